The van der Waals surface area contributed by atoms with Crippen LogP contribution in [-0.2, 0) is 16.2 Å². The summed E-state index contributed by atoms with van der Waals surface area (Å²) in [4.78, 5) is 19.2. The predicted molar refractivity (Wildman–Crippen MR) is 117 cm³/mol. The Morgan fingerprint density at radius 2 is 1.74 bits per heavy atom. The number of halogens is 3. The molecule has 4 aromatic rings. The molecule has 4 rings (SSSR count). The van der Waals surface area contributed by atoms with Gasteiger partial charge in [-0.05, 0) is 36.4 Å². The number of hydrogen-bond acceptors (Lipinski definition) is 8. The van der Waals surface area contributed by atoms with E-state index in [1.165, 1.54) is 37.5 Å². The molecule has 0 bridgehead atoms. The second-order valence-corrected chi connectivity index (χ2v) is 8.66. The SMILES string of the molecule is CNC(=O)c1cc(Oc2ccc3nnc(NS(=O)(=O)c4cccc(C(F)(F)F)c4)nc3c2)ccn1. The van der Waals surface area contributed by atoms with E-state index in [-0.39, 0.29) is 11.2 Å². The molecule has 2 N–H and O–H groups in total. The molecule has 0 unspecified atom stereocenters. The van der Waals surface area contributed by atoms with Crippen LogP contribution in [0.25, 0.3) is 11.0 Å². The van der Waals surface area contributed by atoms with Gasteiger partial charge in [0.25, 0.3) is 21.9 Å². The number of hydrogen-bond donors (Lipinski definition) is 2. The number of nitrogens with zero attached hydrogens (tertiary/aromatic N) is 4. The van der Waals surface area contributed by atoms with Crippen LogP contribution in [-0.4, -0.2) is 41.5 Å². The number of carbonyl (C=O) groups is 1. The Labute approximate surface area is 196 Å². The van der Waals surface area contributed by atoms with E-state index in [4.69, 9.17) is 4.74 Å². The molecule has 0 spiro atoms. The molecule has 0 aliphatic heterocycles. The molecule has 0 saturated carbocycles. The first-order valence-corrected chi connectivity index (χ1v) is 11.2. The van der Waals surface area contributed by atoms with Gasteiger partial charge in [-0.3, -0.25) is 9.78 Å². The van der Waals surface area contributed by atoms with Crippen molar-refractivity contribution in [3.8, 4) is 11.5 Å². The van der Waals surface area contributed by atoms with E-state index in [9.17, 15) is 26.4 Å². The Bertz CT molecular complexity index is 1530. The van der Waals surface area contributed by atoms with Gasteiger partial charge in [0, 0.05) is 25.4 Å². The van der Waals surface area contributed by atoms with Crippen molar-refractivity contribution in [3.05, 3.63) is 72.1 Å². The molecule has 0 aliphatic rings. The van der Waals surface area contributed by atoms with Crippen molar-refractivity contribution < 1.29 is 31.1 Å². The van der Waals surface area contributed by atoms with Gasteiger partial charge in [-0.15, -0.1) is 10.2 Å². The lowest BCUT2D eigenvalue weighted by atomic mass is 10.2. The van der Waals surface area contributed by atoms with Crippen molar-refractivity contribution in [1.82, 2.24) is 25.5 Å². The highest BCUT2D eigenvalue weighted by Gasteiger charge is 2.31. The fourth-order valence-electron chi connectivity index (χ4n) is 2.90. The zero-order chi connectivity index (χ0) is 25.2. The fourth-order valence-corrected chi connectivity index (χ4v) is 3.89. The van der Waals surface area contributed by atoms with E-state index < -0.39 is 38.5 Å². The van der Waals surface area contributed by atoms with Crippen LogP contribution in [0.2, 0.25) is 0 Å². The highest BCUT2D eigenvalue weighted by Crippen LogP contribution is 2.31. The van der Waals surface area contributed by atoms with Crippen molar-refractivity contribution in [2.45, 2.75) is 11.1 Å². The van der Waals surface area contributed by atoms with Gasteiger partial charge >= 0.3 is 6.18 Å². The van der Waals surface area contributed by atoms with Crippen LogP contribution in [0.5, 0.6) is 11.5 Å². The lowest BCUT2D eigenvalue weighted by Crippen LogP contribution is -2.18. The first-order valence-electron chi connectivity index (χ1n) is 9.76. The molecule has 0 radical (unpaired) electrons. The van der Waals surface area contributed by atoms with Crippen molar-refractivity contribution in [1.29, 1.82) is 0 Å². The van der Waals surface area contributed by atoms with E-state index >= 15 is 0 Å². The minimum atomic E-state index is -4.71. The first-order chi connectivity index (χ1) is 16.5. The summed E-state index contributed by atoms with van der Waals surface area (Å²) in [5.41, 5.74) is -0.476. The molecule has 10 nitrogen and oxygen atoms in total. The third-order valence-corrected chi connectivity index (χ3v) is 5.88. The lowest BCUT2D eigenvalue weighted by molar-refractivity contribution is -0.137. The third-order valence-electron chi connectivity index (χ3n) is 4.55. The number of carbonyl (C=O) groups excluding carboxylic acids is 1. The number of alkyl halides is 3. The average molecular weight is 504 g/mol. The zero-order valence-electron chi connectivity index (χ0n) is 17.7. The number of fused-ring (bicyclic) bond motifs is 1. The molecule has 14 heteroatoms. The second-order valence-electron chi connectivity index (χ2n) is 6.97. The average Bonchev–Trinajstić information content (AvgIpc) is 2.83. The minimum Gasteiger partial charge on any atom is -0.457 e. The molecule has 0 saturated heterocycles. The summed E-state index contributed by atoms with van der Waals surface area (Å²) in [5, 5.41) is 10.00. The minimum absolute atomic E-state index is 0.140. The number of benzene rings is 2. The van der Waals surface area contributed by atoms with Crippen LogP contribution >= 0.6 is 0 Å². The highest BCUT2D eigenvalue weighted by molar-refractivity contribution is 7.92. The van der Waals surface area contributed by atoms with Gasteiger partial charge in [0.2, 0.25) is 0 Å². The lowest BCUT2D eigenvalue weighted by Gasteiger charge is -2.10. The van der Waals surface area contributed by atoms with Gasteiger partial charge in [0.1, 0.15) is 22.7 Å². The van der Waals surface area contributed by atoms with Crippen LogP contribution in [0.1, 0.15) is 16.1 Å². The Balaban J connectivity index is 1.60. The van der Waals surface area contributed by atoms with Crippen molar-refractivity contribution >= 4 is 32.9 Å². The molecule has 1 amide bonds. The molecular weight excluding hydrogens is 489 g/mol. The predicted octanol–water partition coefficient (Wildman–Crippen LogP) is 3.39. The highest BCUT2D eigenvalue weighted by atomic mass is 32.2. The summed E-state index contributed by atoms with van der Waals surface area (Å²) in [6.07, 6.45) is -3.32. The third kappa shape index (κ3) is 5.43. The van der Waals surface area contributed by atoms with Crippen LogP contribution < -0.4 is 14.8 Å². The molecule has 2 aromatic heterocycles. The van der Waals surface area contributed by atoms with Gasteiger partial charge in [0.05, 0.1) is 16.0 Å². The maximum Gasteiger partial charge on any atom is 0.416 e. The van der Waals surface area contributed by atoms with E-state index in [0.717, 1.165) is 18.2 Å². The van der Waals surface area contributed by atoms with Crippen LogP contribution in [0.4, 0.5) is 19.1 Å². The Morgan fingerprint density at radius 1 is 0.971 bits per heavy atom. The topological polar surface area (TPSA) is 136 Å². The van der Waals surface area contributed by atoms with Crippen molar-refractivity contribution in [3.63, 3.8) is 0 Å². The summed E-state index contributed by atoms with van der Waals surface area (Å²) < 4.78 is 71.8. The number of anilines is 1. The number of aromatic nitrogens is 4. The number of sulfonamides is 1. The number of rotatable bonds is 6. The van der Waals surface area contributed by atoms with Gasteiger partial charge in [-0.25, -0.2) is 18.1 Å². The number of amides is 1. The monoisotopic (exact) mass is 504 g/mol. The summed E-state index contributed by atoms with van der Waals surface area (Å²) >= 11 is 0. The first kappa shape index (κ1) is 23.8. The summed E-state index contributed by atoms with van der Waals surface area (Å²) in [7, 11) is -2.97. The zero-order valence-corrected chi connectivity index (χ0v) is 18.6. The summed E-state index contributed by atoms with van der Waals surface area (Å²) in [6, 6.07) is 10.8. The van der Waals surface area contributed by atoms with Crippen LogP contribution in [0.3, 0.4) is 0 Å². The largest absolute Gasteiger partial charge is 0.457 e. The van der Waals surface area contributed by atoms with E-state index in [2.05, 4.69) is 25.5 Å². The molecule has 2 aromatic carbocycles. The molecule has 0 fully saturated rings. The second kappa shape index (κ2) is 9.13. The number of nitrogens with one attached hydrogen (secondary N) is 2. The maximum atomic E-state index is 12.9. The van der Waals surface area contributed by atoms with Gasteiger partial charge in [-0.1, -0.05) is 6.07 Å². The van der Waals surface area contributed by atoms with Crippen LogP contribution in [0, 0.1) is 0 Å². The summed E-state index contributed by atoms with van der Waals surface area (Å²) in [6.45, 7) is 0. The fraction of sp³-hybridized carbons (Fsp3) is 0.0952. The quantitative estimate of drug-likeness (QED) is 0.408. The molecule has 180 valence electrons. The molecule has 2 heterocycles. The van der Waals surface area contributed by atoms with Gasteiger partial charge in [-0.2, -0.15) is 13.2 Å². The van der Waals surface area contributed by atoms with E-state index in [1.54, 1.807) is 6.07 Å². The number of pyridine rings is 1. The summed E-state index contributed by atoms with van der Waals surface area (Å²) in [5.74, 6) is -0.245. The smallest absolute Gasteiger partial charge is 0.416 e. The Kier molecular flexibility index (Phi) is 6.22. The van der Waals surface area contributed by atoms with Gasteiger partial charge in [0.15, 0.2) is 0 Å². The molecular formula is C21H15F3N6O4S. The van der Waals surface area contributed by atoms with Crippen LogP contribution in [0.15, 0.2) is 65.7 Å². The normalized spacial score (nSPS) is 11.8. The molecule has 0 atom stereocenters. The molecule has 35 heavy (non-hydrogen) atoms. The Hall–Kier alpha value is -4.33. The standard InChI is InChI=1S/C21H15F3N6O4S/c1-25-19(31)18-11-14(7-8-26-18)34-13-5-6-16-17(10-13)27-20(29-28-16)30-35(32,33)15-4-2-3-12(9-15)21(22,23)24/h2-11H,1H3,(H,25,31)(H,27,29,30). The Morgan fingerprint density at radius 3 is 2.49 bits per heavy atom. The molecule has 0 aliphatic carbocycles. The number of ether oxygens (including phenoxy) is 1. The van der Waals surface area contributed by atoms with E-state index in [1.807, 2.05) is 4.72 Å². The van der Waals surface area contributed by atoms with E-state index in [0.29, 0.717) is 23.1 Å². The maximum absolute atomic E-state index is 12.9. The van der Waals surface area contributed by atoms with Gasteiger partial charge < -0.3 is 10.1 Å². The van der Waals surface area contributed by atoms with Crippen molar-refractivity contribution in [2.75, 3.05) is 11.8 Å². The van der Waals surface area contributed by atoms with Crippen molar-refractivity contribution in [2.24, 2.45) is 0 Å².